The molecule has 7 heteroatoms. The molecule has 0 aliphatic carbocycles. The maximum absolute atomic E-state index is 6.53. The van der Waals surface area contributed by atoms with Crippen molar-refractivity contribution >= 4 is 17.3 Å². The summed E-state index contributed by atoms with van der Waals surface area (Å²) in [6.07, 6.45) is 1.67. The second-order valence-corrected chi connectivity index (χ2v) is 7.60. The van der Waals surface area contributed by atoms with Crippen LogP contribution in [0.1, 0.15) is 12.5 Å². The van der Waals surface area contributed by atoms with Crippen LogP contribution in [0.3, 0.4) is 0 Å². The average Bonchev–Trinajstić information content (AvgIpc) is 2.75. The normalized spacial score (nSPS) is 19.2. The number of nitrogen functional groups attached to an aromatic ring is 1. The van der Waals surface area contributed by atoms with Gasteiger partial charge in [0.15, 0.2) is 11.6 Å². The lowest BCUT2D eigenvalue weighted by Gasteiger charge is -2.38. The van der Waals surface area contributed by atoms with E-state index in [1.807, 2.05) is 0 Å². The molecule has 2 saturated heterocycles. The molecule has 2 fully saturated rings. The predicted molar refractivity (Wildman–Crippen MR) is 115 cm³/mol. The summed E-state index contributed by atoms with van der Waals surface area (Å²) >= 11 is 0. The third-order valence-corrected chi connectivity index (χ3v) is 5.88. The van der Waals surface area contributed by atoms with Gasteiger partial charge in [-0.1, -0.05) is 37.3 Å². The fourth-order valence-electron chi connectivity index (χ4n) is 4.12. The van der Waals surface area contributed by atoms with Crippen molar-refractivity contribution < 1.29 is 0 Å². The van der Waals surface area contributed by atoms with Crippen LogP contribution in [0.4, 0.5) is 17.3 Å². The molecule has 1 aromatic heterocycles. The molecule has 7 nitrogen and oxygen atoms in total. The summed E-state index contributed by atoms with van der Waals surface area (Å²) in [5.74, 6) is 1.79. The van der Waals surface area contributed by atoms with Crippen LogP contribution in [-0.4, -0.2) is 78.7 Å². The Morgan fingerprint density at radius 1 is 0.786 bits per heavy atom. The highest BCUT2D eigenvalue weighted by atomic mass is 15.3. The molecule has 1 aromatic carbocycles. The minimum absolute atomic E-state index is 0.726. The van der Waals surface area contributed by atoms with Gasteiger partial charge in [0.1, 0.15) is 12.0 Å². The molecule has 0 radical (unpaired) electrons. The summed E-state index contributed by atoms with van der Waals surface area (Å²) in [5.41, 5.74) is 8.63. The summed E-state index contributed by atoms with van der Waals surface area (Å²) in [5, 5.41) is 0. The fourth-order valence-corrected chi connectivity index (χ4v) is 4.12. The maximum atomic E-state index is 6.53. The van der Waals surface area contributed by atoms with Gasteiger partial charge in [-0.15, -0.1) is 0 Å². The molecule has 0 amide bonds. The Kier molecular flexibility index (Phi) is 5.92. The summed E-state index contributed by atoms with van der Waals surface area (Å²) in [6, 6.07) is 10.7. The first kappa shape index (κ1) is 19.0. The molecule has 2 aliphatic heterocycles. The quantitative estimate of drug-likeness (QED) is 0.842. The van der Waals surface area contributed by atoms with Crippen molar-refractivity contribution in [2.45, 2.75) is 13.5 Å². The number of hydrogen-bond donors (Lipinski definition) is 1. The zero-order chi connectivity index (χ0) is 19.3. The van der Waals surface area contributed by atoms with E-state index in [4.69, 9.17) is 5.73 Å². The van der Waals surface area contributed by atoms with Gasteiger partial charge in [-0.3, -0.25) is 4.90 Å². The Morgan fingerprint density at radius 2 is 1.32 bits per heavy atom. The van der Waals surface area contributed by atoms with Gasteiger partial charge in [0.05, 0.1) is 0 Å². The summed E-state index contributed by atoms with van der Waals surface area (Å²) in [7, 11) is 0. The third kappa shape index (κ3) is 4.20. The molecule has 4 rings (SSSR count). The number of rotatable bonds is 5. The van der Waals surface area contributed by atoms with E-state index in [2.05, 4.69) is 66.8 Å². The number of benzene rings is 1. The maximum Gasteiger partial charge on any atom is 0.157 e. The molecule has 2 aromatic rings. The highest BCUT2D eigenvalue weighted by molar-refractivity contribution is 5.76. The van der Waals surface area contributed by atoms with E-state index in [1.165, 1.54) is 5.56 Å². The number of likely N-dealkylation sites (N-methyl/N-ethyl adjacent to an activating group) is 1. The molecule has 0 bridgehead atoms. The van der Waals surface area contributed by atoms with Crippen LogP contribution in [0.5, 0.6) is 0 Å². The van der Waals surface area contributed by atoms with Crippen LogP contribution in [-0.2, 0) is 6.54 Å². The SMILES string of the molecule is CCN1CCN(c2ncnc(N3CCN(Cc4ccccc4)CC3)c2N)CC1. The van der Waals surface area contributed by atoms with Crippen LogP contribution in [0, 0.1) is 0 Å². The van der Waals surface area contributed by atoms with E-state index in [0.717, 1.165) is 82.8 Å². The first-order valence-electron chi connectivity index (χ1n) is 10.3. The first-order valence-corrected chi connectivity index (χ1v) is 10.3. The molecular formula is C21H31N7. The van der Waals surface area contributed by atoms with E-state index in [0.29, 0.717) is 0 Å². The second kappa shape index (κ2) is 8.75. The molecular weight excluding hydrogens is 350 g/mol. The third-order valence-electron chi connectivity index (χ3n) is 5.88. The van der Waals surface area contributed by atoms with E-state index in [-0.39, 0.29) is 0 Å². The van der Waals surface area contributed by atoms with Crippen LogP contribution in [0.25, 0.3) is 0 Å². The number of nitrogens with two attached hydrogens (primary N) is 1. The van der Waals surface area contributed by atoms with Gasteiger partial charge >= 0.3 is 0 Å². The zero-order valence-electron chi connectivity index (χ0n) is 16.8. The lowest BCUT2D eigenvalue weighted by Crippen LogP contribution is -2.48. The lowest BCUT2D eigenvalue weighted by atomic mass is 10.2. The van der Waals surface area contributed by atoms with Crippen molar-refractivity contribution in [1.82, 2.24) is 19.8 Å². The van der Waals surface area contributed by atoms with Crippen molar-refractivity contribution in [3.05, 3.63) is 42.2 Å². The van der Waals surface area contributed by atoms with Gasteiger partial charge in [-0.05, 0) is 12.1 Å². The molecule has 2 aliphatic rings. The number of hydrogen-bond acceptors (Lipinski definition) is 7. The standard InChI is InChI=1S/C21H31N7/c1-2-25-8-12-27(13-9-25)20-19(22)21(24-17-23-20)28-14-10-26(11-15-28)16-18-6-4-3-5-7-18/h3-7,17H,2,8-16,22H2,1H3. The Bertz CT molecular complexity index is 751. The van der Waals surface area contributed by atoms with E-state index < -0.39 is 0 Å². The molecule has 0 saturated carbocycles. The first-order chi connectivity index (χ1) is 13.7. The van der Waals surface area contributed by atoms with Crippen LogP contribution in [0.2, 0.25) is 0 Å². The van der Waals surface area contributed by atoms with Crippen molar-refractivity contribution in [2.24, 2.45) is 0 Å². The van der Waals surface area contributed by atoms with Gasteiger partial charge in [0.25, 0.3) is 0 Å². The van der Waals surface area contributed by atoms with E-state index in [1.54, 1.807) is 6.33 Å². The molecule has 3 heterocycles. The fraction of sp³-hybridized carbons (Fsp3) is 0.524. The molecule has 2 N–H and O–H groups in total. The smallest absolute Gasteiger partial charge is 0.157 e. The zero-order valence-corrected chi connectivity index (χ0v) is 16.8. The van der Waals surface area contributed by atoms with Crippen LogP contribution >= 0.6 is 0 Å². The summed E-state index contributed by atoms with van der Waals surface area (Å²) in [6.45, 7) is 12.3. The van der Waals surface area contributed by atoms with Gasteiger partial charge < -0.3 is 20.4 Å². The van der Waals surface area contributed by atoms with Gasteiger partial charge in [0.2, 0.25) is 0 Å². The van der Waals surface area contributed by atoms with Gasteiger partial charge in [-0.2, -0.15) is 0 Å². The van der Waals surface area contributed by atoms with Crippen LogP contribution in [0.15, 0.2) is 36.7 Å². The van der Waals surface area contributed by atoms with Gasteiger partial charge in [-0.25, -0.2) is 9.97 Å². The minimum atomic E-state index is 0.726. The topological polar surface area (TPSA) is 64.8 Å². The molecule has 0 spiro atoms. The number of piperazine rings is 2. The number of nitrogens with zero attached hydrogens (tertiary/aromatic N) is 6. The number of aromatic nitrogens is 2. The highest BCUT2D eigenvalue weighted by Gasteiger charge is 2.24. The van der Waals surface area contributed by atoms with Crippen LogP contribution < -0.4 is 15.5 Å². The van der Waals surface area contributed by atoms with E-state index in [9.17, 15) is 0 Å². The Morgan fingerprint density at radius 3 is 1.86 bits per heavy atom. The van der Waals surface area contributed by atoms with Crippen molar-refractivity contribution in [1.29, 1.82) is 0 Å². The van der Waals surface area contributed by atoms with E-state index >= 15 is 0 Å². The predicted octanol–water partition coefficient (Wildman–Crippen LogP) is 1.52. The average molecular weight is 382 g/mol. The number of anilines is 3. The molecule has 28 heavy (non-hydrogen) atoms. The minimum Gasteiger partial charge on any atom is -0.393 e. The van der Waals surface area contributed by atoms with Crippen molar-refractivity contribution in [3.63, 3.8) is 0 Å². The summed E-state index contributed by atoms with van der Waals surface area (Å²) in [4.78, 5) is 18.6. The molecule has 0 atom stereocenters. The second-order valence-electron chi connectivity index (χ2n) is 7.60. The lowest BCUT2D eigenvalue weighted by molar-refractivity contribution is 0.249. The Hall–Kier alpha value is -2.38. The largest absolute Gasteiger partial charge is 0.393 e. The van der Waals surface area contributed by atoms with Crippen molar-refractivity contribution in [2.75, 3.05) is 74.4 Å². The Labute approximate surface area is 167 Å². The van der Waals surface area contributed by atoms with Gasteiger partial charge in [0, 0.05) is 58.9 Å². The van der Waals surface area contributed by atoms with Crippen molar-refractivity contribution in [3.8, 4) is 0 Å². The monoisotopic (exact) mass is 381 g/mol. The molecule has 0 unspecified atom stereocenters. The summed E-state index contributed by atoms with van der Waals surface area (Å²) < 4.78 is 0. The Balaban J connectivity index is 1.39. The highest BCUT2D eigenvalue weighted by Crippen LogP contribution is 2.30. The molecule has 150 valence electrons.